The highest BCUT2D eigenvalue weighted by Gasteiger charge is 2.30. The molecule has 1 aliphatic rings. The molecule has 1 fully saturated rings. The number of aromatic amines is 1. The van der Waals surface area contributed by atoms with E-state index < -0.39 is 29.9 Å². The summed E-state index contributed by atoms with van der Waals surface area (Å²) in [5.74, 6) is -1.37. The number of hydrogen-bond acceptors (Lipinski definition) is 5. The van der Waals surface area contributed by atoms with E-state index in [0.717, 1.165) is 60.7 Å². The minimum atomic E-state index is -1.01. The highest BCUT2D eigenvalue weighted by atomic mass is 35.5. The Bertz CT molecular complexity index is 1410. The van der Waals surface area contributed by atoms with E-state index >= 15 is 0 Å². The Morgan fingerprint density at radius 2 is 1.44 bits per heavy atom. The average Bonchev–Trinajstić information content (AvgIpc) is 3.42. The molecule has 12 heteroatoms. The second-order valence-corrected chi connectivity index (χ2v) is 11.5. The van der Waals surface area contributed by atoms with Gasteiger partial charge in [-0.15, -0.1) is 0 Å². The number of para-hydroxylation sites is 1. The molecule has 0 bridgehead atoms. The third-order valence-electron chi connectivity index (χ3n) is 8.02. The first-order valence-electron chi connectivity index (χ1n) is 15.6. The number of quaternary nitrogens is 1. The molecule has 11 nitrogen and oxygen atoms in total. The number of benzene rings is 2. The Morgan fingerprint density at radius 1 is 0.756 bits per heavy atom. The number of aromatic nitrogens is 1. The third kappa shape index (κ3) is 10.8. The quantitative estimate of drug-likeness (QED) is 0.150. The lowest BCUT2D eigenvalue weighted by Gasteiger charge is -2.25. The molecule has 0 unspecified atom stereocenters. The van der Waals surface area contributed by atoms with Gasteiger partial charge < -0.3 is 49.5 Å². The molecule has 244 valence electrons. The predicted molar refractivity (Wildman–Crippen MR) is 167 cm³/mol. The molecule has 4 rings (SSSR count). The Hall–Kier alpha value is -4.09. The van der Waals surface area contributed by atoms with Crippen molar-refractivity contribution < 1.29 is 42.4 Å². The lowest BCUT2D eigenvalue weighted by atomic mass is 10.0. The van der Waals surface area contributed by atoms with Crippen molar-refractivity contribution in [2.24, 2.45) is 0 Å². The van der Waals surface area contributed by atoms with Crippen molar-refractivity contribution >= 4 is 34.5 Å². The lowest BCUT2D eigenvalue weighted by molar-refractivity contribution is -0.368. The molecule has 0 saturated carbocycles. The number of amides is 4. The van der Waals surface area contributed by atoms with Gasteiger partial charge in [0.15, 0.2) is 0 Å². The molecule has 1 aliphatic heterocycles. The van der Waals surface area contributed by atoms with E-state index in [1.807, 2.05) is 30.5 Å². The van der Waals surface area contributed by atoms with Gasteiger partial charge in [0.25, 0.3) is 0 Å². The average molecular weight is 641 g/mol. The molecular formula is C33H45ClN6O5. The van der Waals surface area contributed by atoms with Gasteiger partial charge in [0.05, 0.1) is 6.54 Å². The monoisotopic (exact) mass is 640 g/mol. The van der Waals surface area contributed by atoms with Crippen LogP contribution in [0.15, 0.2) is 54.7 Å². The van der Waals surface area contributed by atoms with Crippen molar-refractivity contribution in [3.63, 3.8) is 0 Å². The minimum absolute atomic E-state index is 0. The number of unbranched alkanes of at least 4 members (excludes halogenated alkanes) is 1. The number of H-pyrrole nitrogens is 1. The molecule has 1 aromatic heterocycles. The van der Waals surface area contributed by atoms with Crippen LogP contribution in [0.1, 0.15) is 62.5 Å². The Balaban J connectivity index is 0.00000552. The fraction of sp³-hybridized carbons (Fsp3) is 0.455. The van der Waals surface area contributed by atoms with E-state index in [1.165, 1.54) is 12.1 Å². The Labute approximate surface area is 269 Å². The van der Waals surface area contributed by atoms with Gasteiger partial charge in [0.2, 0.25) is 23.6 Å². The van der Waals surface area contributed by atoms with Crippen LogP contribution in [0.4, 0.5) is 0 Å². The maximum Gasteiger partial charge on any atom is 0.243 e. The number of phenolic OH excluding ortho intramolecular Hbond substituents is 1. The Morgan fingerprint density at radius 3 is 2.20 bits per heavy atom. The zero-order valence-electron chi connectivity index (χ0n) is 25.6. The van der Waals surface area contributed by atoms with E-state index in [9.17, 15) is 24.3 Å². The maximum atomic E-state index is 13.9. The fourth-order valence-corrected chi connectivity index (χ4v) is 5.51. The summed E-state index contributed by atoms with van der Waals surface area (Å²) in [5.41, 5.74) is 6.37. The third-order valence-corrected chi connectivity index (χ3v) is 8.02. The SMILES string of the molecule is [Cl-].[NH3+]CCCC[C@@H]1NC(=O)[C@@H](Cc2c[nH]c3ccccc23)NC(=O)[C@H](Cc2ccc(O)cc2)NC(=O)CCCCCCNC1=O. The number of phenols is 1. The molecule has 4 amide bonds. The van der Waals surface area contributed by atoms with Crippen LogP contribution >= 0.6 is 0 Å². The number of fused-ring (bicyclic) bond motifs is 1. The van der Waals surface area contributed by atoms with Crippen LogP contribution in [-0.2, 0) is 32.0 Å². The topological polar surface area (TPSA) is 180 Å². The summed E-state index contributed by atoms with van der Waals surface area (Å²) in [5, 5.41) is 22.3. The van der Waals surface area contributed by atoms with Crippen molar-refractivity contribution in [2.75, 3.05) is 13.1 Å². The first kappa shape index (κ1) is 35.4. The number of carbonyl (C=O) groups is 4. The maximum absolute atomic E-state index is 13.9. The van der Waals surface area contributed by atoms with Gasteiger partial charge in [-0.2, -0.15) is 0 Å². The van der Waals surface area contributed by atoms with E-state index in [1.54, 1.807) is 12.1 Å². The number of halogens is 1. The Kier molecular flexibility index (Phi) is 14.2. The first-order chi connectivity index (χ1) is 21.3. The molecule has 9 N–H and O–H groups in total. The lowest BCUT2D eigenvalue weighted by Crippen LogP contribution is -3.00. The normalized spacial score (nSPS) is 20.7. The van der Waals surface area contributed by atoms with Gasteiger partial charge in [-0.05, 0) is 61.4 Å². The highest BCUT2D eigenvalue weighted by molar-refractivity contribution is 5.95. The molecule has 2 heterocycles. The van der Waals surface area contributed by atoms with Crippen molar-refractivity contribution in [3.8, 4) is 5.75 Å². The summed E-state index contributed by atoms with van der Waals surface area (Å²) in [4.78, 5) is 57.0. The van der Waals surface area contributed by atoms with Crippen molar-refractivity contribution in [2.45, 2.75) is 82.3 Å². The number of rotatable bonds is 8. The zero-order chi connectivity index (χ0) is 31.3. The van der Waals surface area contributed by atoms with Gasteiger partial charge in [0, 0.05) is 42.9 Å². The van der Waals surface area contributed by atoms with E-state index in [4.69, 9.17) is 0 Å². The summed E-state index contributed by atoms with van der Waals surface area (Å²) in [7, 11) is 0. The van der Waals surface area contributed by atoms with Gasteiger partial charge >= 0.3 is 0 Å². The smallest absolute Gasteiger partial charge is 0.243 e. The molecule has 0 radical (unpaired) electrons. The van der Waals surface area contributed by atoms with Crippen LogP contribution in [0.3, 0.4) is 0 Å². The highest BCUT2D eigenvalue weighted by Crippen LogP contribution is 2.20. The first-order valence-corrected chi connectivity index (χ1v) is 15.6. The number of nitrogens with one attached hydrogen (secondary N) is 5. The van der Waals surface area contributed by atoms with Crippen molar-refractivity contribution in [1.82, 2.24) is 26.3 Å². The summed E-state index contributed by atoms with van der Waals surface area (Å²) < 4.78 is 0. The summed E-state index contributed by atoms with van der Waals surface area (Å²) in [6.45, 7) is 1.21. The summed E-state index contributed by atoms with van der Waals surface area (Å²) in [6, 6.07) is 11.4. The molecule has 45 heavy (non-hydrogen) atoms. The number of carbonyl (C=O) groups excluding carboxylic acids is 4. The van der Waals surface area contributed by atoms with Gasteiger partial charge in [0.1, 0.15) is 23.9 Å². The van der Waals surface area contributed by atoms with Crippen molar-refractivity contribution in [1.29, 1.82) is 0 Å². The summed E-state index contributed by atoms with van der Waals surface area (Å²) in [6.07, 6.45) is 7.52. The van der Waals surface area contributed by atoms with Crippen LogP contribution in [-0.4, -0.2) is 64.9 Å². The van der Waals surface area contributed by atoms with E-state index in [2.05, 4.69) is 32.0 Å². The number of aromatic hydroxyl groups is 1. The zero-order valence-corrected chi connectivity index (χ0v) is 26.3. The van der Waals surface area contributed by atoms with Crippen LogP contribution in [0.5, 0.6) is 5.75 Å². The van der Waals surface area contributed by atoms with Crippen LogP contribution in [0, 0.1) is 0 Å². The van der Waals surface area contributed by atoms with Crippen molar-refractivity contribution in [3.05, 3.63) is 65.9 Å². The molecular weight excluding hydrogens is 596 g/mol. The fourth-order valence-electron chi connectivity index (χ4n) is 5.51. The second kappa shape index (κ2) is 18.0. The molecule has 2 aromatic carbocycles. The van der Waals surface area contributed by atoms with Gasteiger partial charge in [-0.3, -0.25) is 19.2 Å². The van der Waals surface area contributed by atoms with Gasteiger partial charge in [-0.25, -0.2) is 0 Å². The summed E-state index contributed by atoms with van der Waals surface area (Å²) >= 11 is 0. The van der Waals surface area contributed by atoms with Gasteiger partial charge in [-0.1, -0.05) is 43.2 Å². The molecule has 3 aromatic rings. The molecule has 1 saturated heterocycles. The number of hydrogen-bond donors (Lipinski definition) is 7. The molecule has 3 atom stereocenters. The van der Waals surface area contributed by atoms with Crippen LogP contribution < -0.4 is 39.4 Å². The molecule has 0 aliphatic carbocycles. The predicted octanol–water partition coefficient (Wildman–Crippen LogP) is -1.39. The second-order valence-electron chi connectivity index (χ2n) is 11.5. The minimum Gasteiger partial charge on any atom is -1.00 e. The molecule has 0 spiro atoms. The van der Waals surface area contributed by atoms with E-state index in [0.29, 0.717) is 19.4 Å². The van der Waals surface area contributed by atoms with Crippen LogP contribution in [0.2, 0.25) is 0 Å². The standard InChI is InChI=1S/C33H44N6O5.ClH/c34-17-7-6-11-27-31(42)35-18-8-2-1-3-12-30(41)37-28(19-22-13-15-24(40)16-14-22)32(43)39-29(33(44)38-27)20-23-21-36-26-10-5-4-9-25(23)26;/h4-5,9-10,13-16,21,27-29,36,40H,1-3,6-8,11-12,17-20,34H2,(H,35,42)(H,37,41)(H,38,44)(H,39,43);1H/t27-,28-,29+;/m0./s1. The van der Waals surface area contributed by atoms with E-state index in [-0.39, 0.29) is 49.2 Å². The largest absolute Gasteiger partial charge is 1.00 e. The van der Waals surface area contributed by atoms with Crippen LogP contribution in [0.25, 0.3) is 10.9 Å².